The molecule has 2 rings (SSSR count). The quantitative estimate of drug-likeness (QED) is 0.521. The Morgan fingerprint density at radius 2 is 2.25 bits per heavy atom. The second-order valence-electron chi connectivity index (χ2n) is 4.58. The maximum absolute atomic E-state index is 5.29. The van der Waals surface area contributed by atoms with Crippen molar-refractivity contribution in [1.82, 2.24) is 9.97 Å². The van der Waals surface area contributed by atoms with Gasteiger partial charge in [0.05, 0.1) is 0 Å². The Balaban J connectivity index is 2.03. The lowest BCUT2D eigenvalue weighted by Crippen LogP contribution is -2.17. The number of nitrogens with one attached hydrogen (secondary N) is 2. The zero-order valence-electron chi connectivity index (χ0n) is 9.88. The Morgan fingerprint density at radius 3 is 2.81 bits per heavy atom. The lowest BCUT2D eigenvalue weighted by molar-refractivity contribution is 0.520. The van der Waals surface area contributed by atoms with E-state index >= 15 is 0 Å². The predicted molar refractivity (Wildman–Crippen MR) is 65.0 cm³/mol. The van der Waals surface area contributed by atoms with Crippen LogP contribution < -0.4 is 16.6 Å². The fourth-order valence-corrected chi connectivity index (χ4v) is 1.79. The molecule has 1 heterocycles. The number of hydrogen-bond donors (Lipinski definition) is 3. The fraction of sp³-hybridized carbons (Fsp3) is 0.636. The summed E-state index contributed by atoms with van der Waals surface area (Å²) in [6.45, 7) is 5.23. The van der Waals surface area contributed by atoms with Gasteiger partial charge in [0, 0.05) is 18.3 Å². The lowest BCUT2D eigenvalue weighted by atomic mass is 10.0. The zero-order valence-corrected chi connectivity index (χ0v) is 9.88. The van der Waals surface area contributed by atoms with Crippen LogP contribution in [0, 0.1) is 12.3 Å². The van der Waals surface area contributed by atoms with Crippen molar-refractivity contribution in [3.8, 4) is 0 Å². The largest absolute Gasteiger partial charge is 0.369 e. The van der Waals surface area contributed by atoms with E-state index in [2.05, 4.69) is 27.6 Å². The van der Waals surface area contributed by atoms with E-state index in [1.807, 2.05) is 6.92 Å². The van der Waals surface area contributed by atoms with E-state index in [1.165, 1.54) is 19.3 Å². The molecule has 1 aromatic rings. The van der Waals surface area contributed by atoms with Crippen molar-refractivity contribution >= 4 is 11.8 Å². The number of nitrogens with zero attached hydrogens (tertiary/aromatic N) is 2. The molecule has 0 bridgehead atoms. The van der Waals surface area contributed by atoms with Crippen LogP contribution in [0.5, 0.6) is 0 Å². The minimum absolute atomic E-state index is 0.453. The molecule has 0 amide bonds. The van der Waals surface area contributed by atoms with Gasteiger partial charge in [-0.25, -0.2) is 10.8 Å². The third kappa shape index (κ3) is 2.24. The Hall–Kier alpha value is -1.36. The maximum atomic E-state index is 5.29. The second-order valence-corrected chi connectivity index (χ2v) is 4.58. The SMILES string of the molecule is CCC1(CNc2nc(NN)ncc2C)CC1. The number of anilines is 2. The molecule has 16 heavy (non-hydrogen) atoms. The Morgan fingerprint density at radius 1 is 1.50 bits per heavy atom. The summed E-state index contributed by atoms with van der Waals surface area (Å²) in [5.74, 6) is 6.62. The maximum Gasteiger partial charge on any atom is 0.239 e. The van der Waals surface area contributed by atoms with E-state index in [-0.39, 0.29) is 0 Å². The van der Waals surface area contributed by atoms with Crippen LogP contribution in [-0.2, 0) is 0 Å². The summed E-state index contributed by atoms with van der Waals surface area (Å²) in [7, 11) is 0. The van der Waals surface area contributed by atoms with E-state index < -0.39 is 0 Å². The first-order valence-corrected chi connectivity index (χ1v) is 5.73. The van der Waals surface area contributed by atoms with Gasteiger partial charge in [0.2, 0.25) is 5.95 Å². The van der Waals surface area contributed by atoms with Gasteiger partial charge in [-0.1, -0.05) is 6.92 Å². The Labute approximate surface area is 95.8 Å². The molecule has 1 aliphatic rings. The first kappa shape index (κ1) is 11.1. The van der Waals surface area contributed by atoms with Gasteiger partial charge in [-0.05, 0) is 31.6 Å². The molecule has 0 aliphatic heterocycles. The van der Waals surface area contributed by atoms with Gasteiger partial charge in [0.25, 0.3) is 0 Å². The molecule has 1 aliphatic carbocycles. The summed E-state index contributed by atoms with van der Waals surface area (Å²) in [5, 5.41) is 3.39. The predicted octanol–water partition coefficient (Wildman–Crippen LogP) is 1.67. The molecule has 5 heteroatoms. The van der Waals surface area contributed by atoms with Gasteiger partial charge >= 0.3 is 0 Å². The number of hydrogen-bond acceptors (Lipinski definition) is 5. The molecule has 1 fully saturated rings. The monoisotopic (exact) mass is 221 g/mol. The zero-order chi connectivity index (χ0) is 11.6. The number of aryl methyl sites for hydroxylation is 1. The van der Waals surface area contributed by atoms with Crippen LogP contribution in [0.4, 0.5) is 11.8 Å². The van der Waals surface area contributed by atoms with Crippen LogP contribution in [0.25, 0.3) is 0 Å². The van der Waals surface area contributed by atoms with Crippen LogP contribution in [0.2, 0.25) is 0 Å². The Bertz CT molecular complexity index is 373. The number of nitrogen functional groups attached to an aromatic ring is 1. The first-order valence-electron chi connectivity index (χ1n) is 5.73. The third-order valence-electron chi connectivity index (χ3n) is 3.44. The molecule has 4 N–H and O–H groups in total. The average Bonchev–Trinajstić information content (AvgIpc) is 3.09. The molecule has 0 aromatic carbocycles. The first-order chi connectivity index (χ1) is 7.69. The topological polar surface area (TPSA) is 75.9 Å². The summed E-state index contributed by atoms with van der Waals surface area (Å²) in [5.41, 5.74) is 4.01. The van der Waals surface area contributed by atoms with Gasteiger partial charge in [0.1, 0.15) is 5.82 Å². The van der Waals surface area contributed by atoms with E-state index in [9.17, 15) is 0 Å². The minimum atomic E-state index is 0.453. The van der Waals surface area contributed by atoms with Gasteiger partial charge in [-0.3, -0.25) is 5.43 Å². The standard InChI is InChI=1S/C11H19N5/c1-3-11(4-5-11)7-14-9-8(2)6-13-10(15-9)16-12/h6H,3-5,7,12H2,1-2H3,(H2,13,14,15,16). The highest BCUT2D eigenvalue weighted by molar-refractivity contribution is 5.46. The molecule has 0 radical (unpaired) electrons. The molecule has 0 saturated heterocycles. The van der Waals surface area contributed by atoms with Crippen molar-refractivity contribution in [2.75, 3.05) is 17.3 Å². The highest BCUT2D eigenvalue weighted by atomic mass is 15.3. The van der Waals surface area contributed by atoms with Gasteiger partial charge in [-0.2, -0.15) is 4.98 Å². The Kier molecular flexibility index (Phi) is 2.96. The third-order valence-corrected chi connectivity index (χ3v) is 3.44. The van der Waals surface area contributed by atoms with E-state index in [4.69, 9.17) is 5.84 Å². The number of hydrazine groups is 1. The van der Waals surface area contributed by atoms with Gasteiger partial charge < -0.3 is 5.32 Å². The molecule has 0 unspecified atom stereocenters. The van der Waals surface area contributed by atoms with E-state index in [0.29, 0.717) is 11.4 Å². The molecule has 1 saturated carbocycles. The molecule has 0 spiro atoms. The van der Waals surface area contributed by atoms with Crippen LogP contribution in [0.3, 0.4) is 0 Å². The summed E-state index contributed by atoms with van der Waals surface area (Å²) in [4.78, 5) is 8.35. The average molecular weight is 221 g/mol. The van der Waals surface area contributed by atoms with Crippen molar-refractivity contribution in [2.45, 2.75) is 33.1 Å². The minimum Gasteiger partial charge on any atom is -0.369 e. The molecule has 88 valence electrons. The number of nitrogens with two attached hydrogens (primary N) is 1. The van der Waals surface area contributed by atoms with Crippen molar-refractivity contribution in [3.05, 3.63) is 11.8 Å². The highest BCUT2D eigenvalue weighted by Crippen LogP contribution is 2.48. The van der Waals surface area contributed by atoms with Gasteiger partial charge in [-0.15, -0.1) is 0 Å². The fourth-order valence-electron chi connectivity index (χ4n) is 1.79. The second kappa shape index (κ2) is 4.25. The normalized spacial score (nSPS) is 16.9. The molecule has 0 atom stereocenters. The van der Waals surface area contributed by atoms with Crippen LogP contribution in [0.1, 0.15) is 31.7 Å². The number of aromatic nitrogens is 2. The van der Waals surface area contributed by atoms with E-state index in [1.54, 1.807) is 6.20 Å². The van der Waals surface area contributed by atoms with Gasteiger partial charge in [0.15, 0.2) is 0 Å². The van der Waals surface area contributed by atoms with Crippen LogP contribution >= 0.6 is 0 Å². The highest BCUT2D eigenvalue weighted by Gasteiger charge is 2.40. The van der Waals surface area contributed by atoms with Crippen LogP contribution in [-0.4, -0.2) is 16.5 Å². The molecular weight excluding hydrogens is 202 g/mol. The van der Waals surface area contributed by atoms with Crippen molar-refractivity contribution in [3.63, 3.8) is 0 Å². The summed E-state index contributed by atoms with van der Waals surface area (Å²) >= 11 is 0. The van der Waals surface area contributed by atoms with Crippen LogP contribution in [0.15, 0.2) is 6.20 Å². The molecule has 5 nitrogen and oxygen atoms in total. The smallest absolute Gasteiger partial charge is 0.239 e. The van der Waals surface area contributed by atoms with Crippen molar-refractivity contribution in [1.29, 1.82) is 0 Å². The van der Waals surface area contributed by atoms with Crippen molar-refractivity contribution < 1.29 is 0 Å². The van der Waals surface area contributed by atoms with Crippen molar-refractivity contribution in [2.24, 2.45) is 11.3 Å². The number of rotatable bonds is 5. The molecular formula is C11H19N5. The summed E-state index contributed by atoms with van der Waals surface area (Å²) in [6.07, 6.45) is 5.65. The van der Waals surface area contributed by atoms with E-state index in [0.717, 1.165) is 17.9 Å². The lowest BCUT2D eigenvalue weighted by Gasteiger charge is -2.15. The summed E-state index contributed by atoms with van der Waals surface area (Å²) < 4.78 is 0. The summed E-state index contributed by atoms with van der Waals surface area (Å²) in [6, 6.07) is 0. The molecule has 1 aromatic heterocycles.